The average molecular weight is 637 g/mol. The van der Waals surface area contributed by atoms with Crippen LogP contribution in [0.15, 0.2) is 121 Å². The molecular weight excluding hydrogens is 593 g/mol. The van der Waals surface area contributed by atoms with Crippen LogP contribution in [-0.4, -0.2) is 9.13 Å². The zero-order valence-corrected chi connectivity index (χ0v) is 29.9. The molecule has 0 amide bonds. The molecular formula is C47H44N2. The van der Waals surface area contributed by atoms with Gasteiger partial charge in [0.25, 0.3) is 0 Å². The van der Waals surface area contributed by atoms with Crippen LogP contribution in [0.5, 0.6) is 0 Å². The van der Waals surface area contributed by atoms with Crippen molar-refractivity contribution in [3.63, 3.8) is 0 Å². The van der Waals surface area contributed by atoms with Crippen molar-refractivity contribution in [3.8, 4) is 22.5 Å². The molecule has 0 aliphatic heterocycles. The molecule has 0 radical (unpaired) electrons. The number of benzene rings is 6. The van der Waals surface area contributed by atoms with Crippen LogP contribution in [0.1, 0.15) is 77.6 Å². The van der Waals surface area contributed by atoms with Crippen molar-refractivity contribution in [1.29, 1.82) is 0 Å². The molecule has 0 saturated carbocycles. The Hall–Kier alpha value is -5.08. The predicted molar refractivity (Wildman–Crippen MR) is 210 cm³/mol. The minimum atomic E-state index is -0.284. The summed E-state index contributed by atoms with van der Waals surface area (Å²) in [4.78, 5) is 0. The lowest BCUT2D eigenvalue weighted by Crippen LogP contribution is -2.23. The molecule has 1 aliphatic rings. The van der Waals surface area contributed by atoms with Gasteiger partial charge in [-0.15, -0.1) is 0 Å². The topological polar surface area (TPSA) is 9.86 Å². The molecule has 2 aromatic heterocycles. The van der Waals surface area contributed by atoms with Crippen LogP contribution >= 0.6 is 0 Å². The minimum absolute atomic E-state index is 0.0496. The van der Waals surface area contributed by atoms with Gasteiger partial charge in [-0.05, 0) is 98.8 Å². The summed E-state index contributed by atoms with van der Waals surface area (Å²) >= 11 is 0. The molecule has 0 fully saturated rings. The summed E-state index contributed by atoms with van der Waals surface area (Å²) in [6.45, 7) is 18.7. The maximum Gasteiger partial charge on any atom is 0.0547 e. The number of fused-ring (bicyclic) bond motifs is 6. The van der Waals surface area contributed by atoms with E-state index in [-0.39, 0.29) is 16.2 Å². The van der Waals surface area contributed by atoms with E-state index in [0.717, 1.165) is 0 Å². The molecule has 2 heteroatoms. The third kappa shape index (κ3) is 4.26. The summed E-state index contributed by atoms with van der Waals surface area (Å²) in [6.07, 6.45) is 0. The van der Waals surface area contributed by atoms with E-state index >= 15 is 0 Å². The van der Waals surface area contributed by atoms with Gasteiger partial charge in [0, 0.05) is 32.6 Å². The lowest BCUT2D eigenvalue weighted by Gasteiger charge is -2.32. The van der Waals surface area contributed by atoms with Crippen molar-refractivity contribution in [2.75, 3.05) is 0 Å². The highest BCUT2D eigenvalue weighted by molar-refractivity contribution is 6.19. The van der Waals surface area contributed by atoms with E-state index in [1.165, 1.54) is 88.4 Å². The maximum absolute atomic E-state index is 2.57. The Morgan fingerprint density at radius 3 is 1.71 bits per heavy atom. The monoisotopic (exact) mass is 636 g/mol. The molecule has 49 heavy (non-hydrogen) atoms. The smallest absolute Gasteiger partial charge is 0.0547 e. The third-order valence-electron chi connectivity index (χ3n) is 11.2. The zero-order valence-electron chi connectivity index (χ0n) is 29.9. The standard InChI is InChI=1S/C47H44N2/c1-45(2,3)30-20-22-37-35(27-30)36-28-31(46(4,5)6)21-23-38(36)49(37)41-25-24-40-43-42-34(29-14-12-15-32(26-29)47(7,8)44(41)43)18-13-19-39(42)48(40)33-16-10-9-11-17-33/h9-28H,1-8H3. The lowest BCUT2D eigenvalue weighted by molar-refractivity contribution is 0.590. The van der Waals surface area contributed by atoms with Gasteiger partial charge >= 0.3 is 0 Å². The lowest BCUT2D eigenvalue weighted by atomic mass is 9.73. The first-order chi connectivity index (χ1) is 23.3. The molecule has 2 nitrogen and oxygen atoms in total. The predicted octanol–water partition coefficient (Wildman–Crippen LogP) is 12.8. The summed E-state index contributed by atoms with van der Waals surface area (Å²) in [6, 6.07) is 46.1. The third-order valence-corrected chi connectivity index (χ3v) is 11.2. The van der Waals surface area contributed by atoms with E-state index in [2.05, 4.69) is 186 Å². The Kier molecular flexibility index (Phi) is 6.11. The number of hydrogen-bond donors (Lipinski definition) is 0. The molecule has 1 aliphatic carbocycles. The van der Waals surface area contributed by atoms with E-state index in [0.29, 0.717) is 0 Å². The molecule has 0 N–H and O–H groups in total. The second-order valence-electron chi connectivity index (χ2n) is 16.7. The van der Waals surface area contributed by atoms with Crippen LogP contribution in [0.2, 0.25) is 0 Å². The Morgan fingerprint density at radius 1 is 0.490 bits per heavy atom. The summed E-state index contributed by atoms with van der Waals surface area (Å²) < 4.78 is 5.04. The molecule has 2 bridgehead atoms. The van der Waals surface area contributed by atoms with Crippen LogP contribution in [-0.2, 0) is 16.2 Å². The van der Waals surface area contributed by atoms with Crippen molar-refractivity contribution >= 4 is 43.6 Å². The molecule has 9 rings (SSSR count). The van der Waals surface area contributed by atoms with Gasteiger partial charge in [0.2, 0.25) is 0 Å². The van der Waals surface area contributed by atoms with Crippen LogP contribution in [0.25, 0.3) is 66.1 Å². The normalized spacial score (nSPS) is 14.3. The Balaban J connectivity index is 1.50. The van der Waals surface area contributed by atoms with Crippen LogP contribution in [0.3, 0.4) is 0 Å². The van der Waals surface area contributed by atoms with Crippen molar-refractivity contribution in [2.24, 2.45) is 0 Å². The van der Waals surface area contributed by atoms with Gasteiger partial charge < -0.3 is 9.13 Å². The molecule has 0 atom stereocenters. The Bertz CT molecular complexity index is 2560. The second kappa shape index (κ2) is 9.98. The van der Waals surface area contributed by atoms with E-state index in [1.54, 1.807) is 0 Å². The highest BCUT2D eigenvalue weighted by atomic mass is 15.0. The fourth-order valence-electron chi connectivity index (χ4n) is 8.49. The average Bonchev–Trinajstić information content (AvgIpc) is 3.59. The number of nitrogens with zero attached hydrogens (tertiary/aromatic N) is 2. The van der Waals surface area contributed by atoms with Crippen LogP contribution in [0.4, 0.5) is 0 Å². The Morgan fingerprint density at radius 2 is 1.08 bits per heavy atom. The van der Waals surface area contributed by atoms with Gasteiger partial charge in [-0.3, -0.25) is 0 Å². The number of rotatable bonds is 2. The van der Waals surface area contributed by atoms with Crippen molar-refractivity contribution in [1.82, 2.24) is 9.13 Å². The summed E-state index contributed by atoms with van der Waals surface area (Å²) in [5, 5.41) is 5.31. The summed E-state index contributed by atoms with van der Waals surface area (Å²) in [5.41, 5.74) is 15.2. The van der Waals surface area contributed by atoms with E-state index in [1.807, 2.05) is 0 Å². The first-order valence-electron chi connectivity index (χ1n) is 17.7. The SMILES string of the molecule is CC(C)(C)c1ccc2c(c1)c1cc(C(C)(C)C)ccc1n2-c1ccc2c3c1C(C)(C)c1cccc(c1)-c1cccc(c13)n2-c1ccccc1. The van der Waals surface area contributed by atoms with Crippen molar-refractivity contribution in [3.05, 3.63) is 144 Å². The molecule has 6 aromatic carbocycles. The van der Waals surface area contributed by atoms with E-state index < -0.39 is 0 Å². The molecule has 242 valence electrons. The second-order valence-corrected chi connectivity index (χ2v) is 16.7. The summed E-state index contributed by atoms with van der Waals surface area (Å²) in [7, 11) is 0. The van der Waals surface area contributed by atoms with Gasteiger partial charge in [0.1, 0.15) is 0 Å². The maximum atomic E-state index is 2.57. The van der Waals surface area contributed by atoms with Crippen molar-refractivity contribution in [2.45, 2.75) is 71.6 Å². The van der Waals surface area contributed by atoms with Gasteiger partial charge in [-0.25, -0.2) is 0 Å². The largest absolute Gasteiger partial charge is 0.309 e. The van der Waals surface area contributed by atoms with Gasteiger partial charge in [-0.1, -0.05) is 122 Å². The van der Waals surface area contributed by atoms with Crippen LogP contribution < -0.4 is 0 Å². The fraction of sp³-hybridized carbons (Fsp3) is 0.234. The molecule has 0 spiro atoms. The van der Waals surface area contributed by atoms with Gasteiger partial charge in [-0.2, -0.15) is 0 Å². The first kappa shape index (κ1) is 30.0. The van der Waals surface area contributed by atoms with Crippen molar-refractivity contribution < 1.29 is 0 Å². The molecule has 8 aromatic rings. The summed E-state index contributed by atoms with van der Waals surface area (Å²) in [5.74, 6) is 0. The molecule has 0 unspecified atom stereocenters. The Labute approximate surface area is 289 Å². The number of para-hydroxylation sites is 1. The molecule has 0 saturated heterocycles. The number of hydrogen-bond acceptors (Lipinski definition) is 0. The minimum Gasteiger partial charge on any atom is -0.309 e. The van der Waals surface area contributed by atoms with E-state index in [4.69, 9.17) is 0 Å². The fourth-order valence-corrected chi connectivity index (χ4v) is 8.49. The highest BCUT2D eigenvalue weighted by Crippen LogP contribution is 2.50. The highest BCUT2D eigenvalue weighted by Gasteiger charge is 2.35. The van der Waals surface area contributed by atoms with Crippen LogP contribution in [0, 0.1) is 0 Å². The quantitative estimate of drug-likeness (QED) is 0.179. The first-order valence-corrected chi connectivity index (χ1v) is 17.7. The van der Waals surface area contributed by atoms with E-state index in [9.17, 15) is 0 Å². The van der Waals surface area contributed by atoms with Gasteiger partial charge in [0.05, 0.1) is 27.8 Å². The number of aromatic nitrogens is 2. The zero-order chi connectivity index (χ0) is 34.0. The molecule has 2 heterocycles. The van der Waals surface area contributed by atoms with Gasteiger partial charge in [0.15, 0.2) is 0 Å².